The van der Waals surface area contributed by atoms with Gasteiger partial charge in [0.15, 0.2) is 0 Å². The molecular weight excluding hydrogens is 408 g/mol. The molecular formula is C34H64. The van der Waals surface area contributed by atoms with Gasteiger partial charge in [0.05, 0.1) is 0 Å². The van der Waals surface area contributed by atoms with Crippen molar-refractivity contribution in [2.45, 2.75) is 154 Å². The fourth-order valence-corrected chi connectivity index (χ4v) is 10.8. The predicted molar refractivity (Wildman–Crippen MR) is 154 cm³/mol. The van der Waals surface area contributed by atoms with Gasteiger partial charge in [0, 0.05) is 0 Å². The molecule has 200 valence electrons. The van der Waals surface area contributed by atoms with Gasteiger partial charge in [-0.15, -0.1) is 0 Å². The van der Waals surface area contributed by atoms with Gasteiger partial charge in [0.25, 0.3) is 0 Å². The van der Waals surface area contributed by atoms with Crippen LogP contribution in [0.15, 0.2) is 11.6 Å². The topological polar surface area (TPSA) is 0 Å². The first kappa shape index (κ1) is 30.0. The lowest BCUT2D eigenvalue weighted by Gasteiger charge is -2.73. The minimum atomic E-state index is 0. The number of fused-ring (bicyclic) bond motifs is 7. The minimum absolute atomic E-state index is 0. The van der Waals surface area contributed by atoms with Crippen LogP contribution in [0.3, 0.4) is 0 Å². The highest BCUT2D eigenvalue weighted by molar-refractivity contribution is 5.34. The Morgan fingerprint density at radius 2 is 1.32 bits per heavy atom. The summed E-state index contributed by atoms with van der Waals surface area (Å²) in [6, 6.07) is 0. The summed E-state index contributed by atoms with van der Waals surface area (Å²) in [7, 11) is 0. The van der Waals surface area contributed by atoms with E-state index in [0.717, 1.165) is 23.7 Å². The molecule has 0 aromatic carbocycles. The van der Waals surface area contributed by atoms with E-state index < -0.39 is 0 Å². The second kappa shape index (κ2) is 10.2. The molecule has 5 aliphatic rings. The first-order valence-corrected chi connectivity index (χ1v) is 15.2. The Kier molecular flexibility index (Phi) is 9.03. The van der Waals surface area contributed by atoms with Gasteiger partial charge in [0.2, 0.25) is 0 Å². The molecule has 9 unspecified atom stereocenters. The van der Waals surface area contributed by atoms with Crippen molar-refractivity contribution in [1.82, 2.24) is 0 Å². The fourth-order valence-electron chi connectivity index (χ4n) is 10.8. The zero-order chi connectivity index (χ0) is 24.9. The number of hydrogen-bond donors (Lipinski definition) is 0. The van der Waals surface area contributed by atoms with Gasteiger partial charge in [-0.3, -0.25) is 0 Å². The summed E-state index contributed by atoms with van der Waals surface area (Å²) in [5.41, 5.74) is 4.44. The molecule has 0 amide bonds. The van der Waals surface area contributed by atoms with Gasteiger partial charge in [-0.2, -0.15) is 0 Å². The quantitative estimate of drug-likeness (QED) is 0.307. The largest absolute Gasteiger partial charge is 0.0839 e. The Morgan fingerprint density at radius 1 is 0.706 bits per heavy atom. The molecule has 0 nitrogen and oxygen atoms in total. The average Bonchev–Trinajstić information content (AvgIpc) is 2.80. The van der Waals surface area contributed by atoms with Crippen LogP contribution in [-0.2, 0) is 0 Å². The van der Waals surface area contributed by atoms with Crippen molar-refractivity contribution < 1.29 is 0 Å². The summed E-state index contributed by atoms with van der Waals surface area (Å²) in [6.45, 7) is 26.8. The summed E-state index contributed by atoms with van der Waals surface area (Å²) < 4.78 is 0. The molecule has 0 aliphatic heterocycles. The van der Waals surface area contributed by atoms with Crippen LogP contribution in [0.5, 0.6) is 0 Å². The van der Waals surface area contributed by atoms with Gasteiger partial charge < -0.3 is 0 Å². The zero-order valence-electron chi connectivity index (χ0n) is 24.7. The van der Waals surface area contributed by atoms with E-state index >= 15 is 0 Å². The third kappa shape index (κ3) is 3.64. The SMILES string of the molecule is C.CC.CC.CC1CCCC2(C)C1CCC1(C)C3CCC4(C)CCCC(C)C4(C)C3=CCC12C. The molecule has 9 atom stereocenters. The molecule has 0 heterocycles. The van der Waals surface area contributed by atoms with E-state index in [1.54, 1.807) is 0 Å². The van der Waals surface area contributed by atoms with Gasteiger partial charge in [0.1, 0.15) is 0 Å². The lowest BCUT2D eigenvalue weighted by atomic mass is 9.32. The lowest BCUT2D eigenvalue weighted by Crippen LogP contribution is -2.65. The van der Waals surface area contributed by atoms with Gasteiger partial charge in [-0.1, -0.05) is 114 Å². The van der Waals surface area contributed by atoms with Crippen molar-refractivity contribution in [2.24, 2.45) is 50.7 Å². The highest BCUT2D eigenvalue weighted by atomic mass is 14.7. The maximum atomic E-state index is 2.86. The van der Waals surface area contributed by atoms with Crippen LogP contribution in [0.4, 0.5) is 0 Å². The van der Waals surface area contributed by atoms with Crippen molar-refractivity contribution in [3.8, 4) is 0 Å². The Hall–Kier alpha value is -0.260. The maximum absolute atomic E-state index is 2.86. The lowest BCUT2D eigenvalue weighted by molar-refractivity contribution is -0.201. The van der Waals surface area contributed by atoms with E-state index in [9.17, 15) is 0 Å². The smallest absolute Gasteiger partial charge is 0.00341 e. The van der Waals surface area contributed by atoms with Crippen molar-refractivity contribution in [3.05, 3.63) is 11.6 Å². The molecule has 0 aromatic rings. The molecule has 34 heavy (non-hydrogen) atoms. The fraction of sp³-hybridized carbons (Fsp3) is 0.941. The van der Waals surface area contributed by atoms with E-state index in [-0.39, 0.29) is 7.43 Å². The van der Waals surface area contributed by atoms with Crippen LogP contribution in [0, 0.1) is 50.7 Å². The maximum Gasteiger partial charge on any atom is -0.00341 e. The third-order valence-corrected chi connectivity index (χ3v) is 13.4. The molecule has 5 aliphatic carbocycles. The molecule has 0 bridgehead atoms. The number of rotatable bonds is 0. The molecule has 5 rings (SSSR count). The molecule has 4 fully saturated rings. The molecule has 0 spiro atoms. The third-order valence-electron chi connectivity index (χ3n) is 13.4. The second-order valence-electron chi connectivity index (χ2n) is 13.7. The highest BCUT2D eigenvalue weighted by Gasteiger charge is 2.68. The van der Waals surface area contributed by atoms with Crippen molar-refractivity contribution in [2.75, 3.05) is 0 Å². The Labute approximate surface area is 216 Å². The van der Waals surface area contributed by atoms with Crippen LogP contribution in [-0.4, -0.2) is 0 Å². The number of hydrogen-bond acceptors (Lipinski definition) is 0. The van der Waals surface area contributed by atoms with Gasteiger partial charge in [-0.05, 0) is 102 Å². The minimum Gasteiger partial charge on any atom is -0.0839 e. The molecule has 4 saturated carbocycles. The monoisotopic (exact) mass is 473 g/mol. The van der Waals surface area contributed by atoms with Crippen LogP contribution < -0.4 is 0 Å². The first-order valence-electron chi connectivity index (χ1n) is 15.2. The summed E-state index contributed by atoms with van der Waals surface area (Å²) >= 11 is 0. The van der Waals surface area contributed by atoms with E-state index in [1.165, 1.54) is 70.6 Å². The van der Waals surface area contributed by atoms with Crippen LogP contribution in [0.1, 0.15) is 154 Å². The summed E-state index contributed by atoms with van der Waals surface area (Å²) in [5, 5.41) is 0. The molecule has 0 radical (unpaired) electrons. The zero-order valence-corrected chi connectivity index (χ0v) is 24.7. The van der Waals surface area contributed by atoms with Crippen molar-refractivity contribution in [3.63, 3.8) is 0 Å². The predicted octanol–water partition coefficient (Wildman–Crippen LogP) is 11.5. The number of allylic oxidation sites excluding steroid dienone is 2. The van der Waals surface area contributed by atoms with E-state index in [0.29, 0.717) is 27.1 Å². The standard InChI is InChI=1S/C29H48.2C2H6.CH4/c1-20-10-8-16-26(4)22(20)13-18-27(5)23-12-17-25(3)15-9-11-21(2)29(25,7)24(23)14-19-28(26,27)6;2*1-2;/h14,20-23H,8-13,15-19H2,1-7H3;2*1-2H3;1H4. The van der Waals surface area contributed by atoms with Crippen molar-refractivity contribution >= 4 is 0 Å². The summed E-state index contributed by atoms with van der Waals surface area (Å²) in [5.74, 6) is 3.59. The Balaban J connectivity index is 0.000000777. The Morgan fingerprint density at radius 3 is 1.97 bits per heavy atom. The average molecular weight is 473 g/mol. The molecule has 0 N–H and O–H groups in total. The molecule has 0 heteroatoms. The van der Waals surface area contributed by atoms with E-state index in [4.69, 9.17) is 0 Å². The second-order valence-corrected chi connectivity index (χ2v) is 13.7. The van der Waals surface area contributed by atoms with Crippen LogP contribution in [0.2, 0.25) is 0 Å². The highest BCUT2D eigenvalue weighted by Crippen LogP contribution is 2.77. The summed E-state index contributed by atoms with van der Waals surface area (Å²) in [6.07, 6.45) is 18.9. The molecule has 0 saturated heterocycles. The van der Waals surface area contributed by atoms with Gasteiger partial charge >= 0.3 is 0 Å². The molecule has 0 aromatic heterocycles. The van der Waals surface area contributed by atoms with Crippen LogP contribution >= 0.6 is 0 Å². The normalized spacial score (nSPS) is 51.2. The first-order chi connectivity index (χ1) is 15.5. The van der Waals surface area contributed by atoms with E-state index in [1.807, 2.05) is 33.3 Å². The Bertz CT molecular complexity index is 718. The van der Waals surface area contributed by atoms with E-state index in [2.05, 4.69) is 54.5 Å². The van der Waals surface area contributed by atoms with Gasteiger partial charge in [-0.25, -0.2) is 0 Å². The van der Waals surface area contributed by atoms with Crippen molar-refractivity contribution in [1.29, 1.82) is 0 Å². The van der Waals surface area contributed by atoms with Crippen LogP contribution in [0.25, 0.3) is 0 Å². The summed E-state index contributed by atoms with van der Waals surface area (Å²) in [4.78, 5) is 0.